The molecule has 0 aromatic carbocycles. The summed E-state index contributed by atoms with van der Waals surface area (Å²) in [5, 5.41) is 6.97. The van der Waals surface area contributed by atoms with Crippen LogP contribution >= 0.6 is 0 Å². The van der Waals surface area contributed by atoms with Gasteiger partial charge < -0.3 is 10.2 Å². The number of allylic oxidation sites excluding steroid dienone is 4. The first-order chi connectivity index (χ1) is 16.8. The maximum Gasteiger partial charge on any atom is 0.433 e. The van der Waals surface area contributed by atoms with Crippen molar-refractivity contribution in [1.82, 2.24) is 15.2 Å². The molecular formula is C29H40N4O2. The fourth-order valence-corrected chi connectivity index (χ4v) is 7.69. The van der Waals surface area contributed by atoms with Gasteiger partial charge in [-0.15, -0.1) is 0 Å². The number of nitrogens with one attached hydrogen (secondary N) is 1. The van der Waals surface area contributed by atoms with E-state index in [-0.39, 0.29) is 10.8 Å². The average molecular weight is 477 g/mol. The molecule has 2 saturated carbocycles. The van der Waals surface area contributed by atoms with Crippen LogP contribution in [0, 0.1) is 28.6 Å². The molecule has 0 radical (unpaired) electrons. The molecule has 0 bridgehead atoms. The molecule has 0 unspecified atom stereocenters. The third-order valence-electron chi connectivity index (χ3n) is 9.60. The second-order valence-corrected chi connectivity index (χ2v) is 11.7. The van der Waals surface area contributed by atoms with Gasteiger partial charge in [0.25, 0.3) is 0 Å². The molecule has 0 aliphatic heterocycles. The lowest BCUT2D eigenvalue weighted by atomic mass is 9.46. The van der Waals surface area contributed by atoms with E-state index >= 15 is 0 Å². The van der Waals surface area contributed by atoms with E-state index in [9.17, 15) is 4.79 Å². The largest absolute Gasteiger partial charge is 0.433 e. The number of rotatable bonds is 5. The standard InChI is InChI=1S/C29H40N4O2/c1-28-13-11-22(32-35-27(34)31-16-17-33(3)4)18-21(28)7-8-23-25-10-9-24(20-6-5-15-30-19-20)29(25,2)14-12-26(23)28/h5-6,9,15,18-19,23,25-26H,7-8,10-14,16-17H2,1-4H3,(H,31,34)/t23-,25+,26+,28+,29-/m1/s1. The minimum absolute atomic E-state index is 0.230. The minimum Gasteiger partial charge on any atom is -0.318 e. The lowest BCUT2D eigenvalue weighted by Crippen LogP contribution is -2.49. The van der Waals surface area contributed by atoms with E-state index in [1.165, 1.54) is 42.4 Å². The molecule has 6 heteroatoms. The number of aromatic nitrogens is 1. The number of hydrogen-bond donors (Lipinski definition) is 1. The Labute approximate surface area is 209 Å². The lowest BCUT2D eigenvalue weighted by molar-refractivity contribution is -0.0190. The maximum atomic E-state index is 12.0. The van der Waals surface area contributed by atoms with Crippen molar-refractivity contribution in [3.05, 3.63) is 47.8 Å². The Hall–Kier alpha value is -2.47. The summed E-state index contributed by atoms with van der Waals surface area (Å²) >= 11 is 0. The van der Waals surface area contributed by atoms with Crippen molar-refractivity contribution in [3.8, 4) is 0 Å². The highest BCUT2D eigenvalue weighted by Gasteiger charge is 2.57. The van der Waals surface area contributed by atoms with Gasteiger partial charge in [0.1, 0.15) is 0 Å². The van der Waals surface area contributed by atoms with E-state index in [0.29, 0.717) is 6.54 Å². The van der Waals surface area contributed by atoms with Crippen LogP contribution in [0.5, 0.6) is 0 Å². The zero-order valence-electron chi connectivity index (χ0n) is 21.7. The fraction of sp³-hybridized carbons (Fsp3) is 0.621. The van der Waals surface area contributed by atoms with E-state index < -0.39 is 6.09 Å². The van der Waals surface area contributed by atoms with E-state index in [4.69, 9.17) is 4.84 Å². The summed E-state index contributed by atoms with van der Waals surface area (Å²) in [5.41, 5.74) is 5.75. The summed E-state index contributed by atoms with van der Waals surface area (Å²) in [7, 11) is 3.95. The second kappa shape index (κ2) is 9.53. The quantitative estimate of drug-likeness (QED) is 0.438. The smallest absolute Gasteiger partial charge is 0.318 e. The highest BCUT2D eigenvalue weighted by molar-refractivity contribution is 5.96. The van der Waals surface area contributed by atoms with Crippen LogP contribution in [0.4, 0.5) is 4.79 Å². The number of oxime groups is 1. The number of nitrogens with zero attached hydrogens (tertiary/aromatic N) is 3. The molecule has 0 spiro atoms. The first-order valence-corrected chi connectivity index (χ1v) is 13.3. The Kier molecular flexibility index (Phi) is 6.60. The lowest BCUT2D eigenvalue weighted by Gasteiger charge is -2.58. The minimum atomic E-state index is -0.473. The van der Waals surface area contributed by atoms with Gasteiger partial charge in [-0.3, -0.25) is 9.82 Å². The number of amides is 1. The van der Waals surface area contributed by atoms with Crippen molar-refractivity contribution >= 4 is 17.4 Å². The fourth-order valence-electron chi connectivity index (χ4n) is 7.69. The topological polar surface area (TPSA) is 66.8 Å². The van der Waals surface area contributed by atoms with E-state index in [2.05, 4.69) is 53.6 Å². The van der Waals surface area contributed by atoms with Crippen LogP contribution in [0.15, 0.2) is 47.4 Å². The summed E-state index contributed by atoms with van der Waals surface area (Å²) < 4.78 is 0. The van der Waals surface area contributed by atoms with Gasteiger partial charge in [-0.05, 0) is 111 Å². The van der Waals surface area contributed by atoms with Crippen LogP contribution in [0.2, 0.25) is 0 Å². The Morgan fingerprint density at radius 3 is 2.83 bits per heavy atom. The van der Waals surface area contributed by atoms with Gasteiger partial charge in [0.15, 0.2) is 0 Å². The van der Waals surface area contributed by atoms with Crippen LogP contribution in [0.25, 0.3) is 5.57 Å². The van der Waals surface area contributed by atoms with Crippen molar-refractivity contribution in [2.45, 2.75) is 58.8 Å². The van der Waals surface area contributed by atoms with Gasteiger partial charge in [-0.25, -0.2) is 4.79 Å². The monoisotopic (exact) mass is 476 g/mol. The zero-order valence-corrected chi connectivity index (χ0v) is 21.7. The molecule has 6 nitrogen and oxygen atoms in total. The Bertz CT molecular complexity index is 1050. The van der Waals surface area contributed by atoms with Crippen LogP contribution < -0.4 is 5.32 Å². The molecule has 35 heavy (non-hydrogen) atoms. The molecule has 5 rings (SSSR count). The van der Waals surface area contributed by atoms with Gasteiger partial charge in [-0.2, -0.15) is 0 Å². The molecule has 4 aliphatic carbocycles. The first-order valence-electron chi connectivity index (χ1n) is 13.3. The predicted molar refractivity (Wildman–Crippen MR) is 140 cm³/mol. The molecule has 5 atom stereocenters. The first kappa shape index (κ1) is 24.2. The molecule has 1 aromatic heterocycles. The van der Waals surface area contributed by atoms with Crippen molar-refractivity contribution in [2.24, 2.45) is 33.7 Å². The molecule has 1 N–H and O–H groups in total. The summed E-state index contributed by atoms with van der Waals surface area (Å²) in [6.45, 7) is 6.33. The third kappa shape index (κ3) is 4.46. The molecule has 2 fully saturated rings. The second-order valence-electron chi connectivity index (χ2n) is 11.7. The van der Waals surface area contributed by atoms with Crippen molar-refractivity contribution in [1.29, 1.82) is 0 Å². The number of carbonyl (C=O) groups is 1. The maximum absolute atomic E-state index is 12.0. The van der Waals surface area contributed by atoms with Crippen LogP contribution in [-0.2, 0) is 4.84 Å². The molecule has 1 heterocycles. The SMILES string of the molecule is CN(C)CCNC(=O)ON=C1C=C2CC[C@H]3[C@H](CC[C@]4(C)C(c5cccnc5)=CC[C@@H]34)[C@@]2(C)CC1. The molecule has 1 amide bonds. The molecule has 1 aromatic rings. The Morgan fingerprint density at radius 2 is 2.06 bits per heavy atom. The van der Waals surface area contributed by atoms with Gasteiger partial charge >= 0.3 is 6.09 Å². The van der Waals surface area contributed by atoms with Crippen LogP contribution in [-0.4, -0.2) is 48.9 Å². The van der Waals surface area contributed by atoms with E-state index in [0.717, 1.165) is 49.3 Å². The third-order valence-corrected chi connectivity index (χ3v) is 9.60. The summed E-state index contributed by atoms with van der Waals surface area (Å²) in [4.78, 5) is 23.6. The number of likely N-dealkylation sites (N-methyl/N-ethyl adjacent to an activating group) is 1. The Balaban J connectivity index is 1.27. The van der Waals surface area contributed by atoms with Gasteiger partial charge in [0.05, 0.1) is 5.71 Å². The highest BCUT2D eigenvalue weighted by Crippen LogP contribution is 2.66. The normalized spacial score (nSPS) is 35.0. The molecule has 0 saturated heterocycles. The molecular weight excluding hydrogens is 436 g/mol. The van der Waals surface area contributed by atoms with Crippen molar-refractivity contribution in [2.75, 3.05) is 27.2 Å². The van der Waals surface area contributed by atoms with Gasteiger partial charge in [0, 0.05) is 25.5 Å². The van der Waals surface area contributed by atoms with E-state index in [1.54, 1.807) is 0 Å². The van der Waals surface area contributed by atoms with Crippen molar-refractivity contribution < 1.29 is 9.63 Å². The summed E-state index contributed by atoms with van der Waals surface area (Å²) in [5.74, 6) is 2.21. The van der Waals surface area contributed by atoms with E-state index in [1.807, 2.05) is 31.4 Å². The number of fused-ring (bicyclic) bond motifs is 5. The molecule has 4 aliphatic rings. The average Bonchev–Trinajstić information content (AvgIpc) is 3.20. The summed E-state index contributed by atoms with van der Waals surface area (Å²) in [6.07, 6.45) is 16.3. The Morgan fingerprint density at radius 1 is 1.20 bits per heavy atom. The van der Waals surface area contributed by atoms with Gasteiger partial charge in [-0.1, -0.05) is 36.7 Å². The highest BCUT2D eigenvalue weighted by atomic mass is 16.7. The number of pyridine rings is 1. The molecule has 188 valence electrons. The number of hydrogen-bond acceptors (Lipinski definition) is 5. The zero-order chi connectivity index (χ0) is 24.6. The predicted octanol–water partition coefficient (Wildman–Crippen LogP) is 5.68. The van der Waals surface area contributed by atoms with Crippen LogP contribution in [0.1, 0.15) is 64.4 Å². The summed E-state index contributed by atoms with van der Waals surface area (Å²) in [6, 6.07) is 4.30. The van der Waals surface area contributed by atoms with Crippen molar-refractivity contribution in [3.63, 3.8) is 0 Å². The van der Waals surface area contributed by atoms with Gasteiger partial charge in [0.2, 0.25) is 0 Å². The van der Waals surface area contributed by atoms with Crippen LogP contribution in [0.3, 0.4) is 0 Å². The number of carbonyl (C=O) groups excluding carboxylic acids is 1.